The van der Waals surface area contributed by atoms with Gasteiger partial charge in [-0.05, 0) is 50.4 Å². The molecular formula is C14H18ClNO2. The van der Waals surface area contributed by atoms with Gasteiger partial charge < -0.3 is 5.11 Å². The molecule has 2 unspecified atom stereocenters. The van der Waals surface area contributed by atoms with E-state index < -0.39 is 5.97 Å². The molecule has 4 heteroatoms. The van der Waals surface area contributed by atoms with E-state index in [1.165, 1.54) is 0 Å². The van der Waals surface area contributed by atoms with Gasteiger partial charge in [0.15, 0.2) is 0 Å². The van der Waals surface area contributed by atoms with E-state index in [0.717, 1.165) is 18.4 Å². The van der Waals surface area contributed by atoms with E-state index in [2.05, 4.69) is 0 Å². The Morgan fingerprint density at radius 1 is 1.39 bits per heavy atom. The van der Waals surface area contributed by atoms with Crippen LogP contribution in [-0.2, 0) is 4.79 Å². The van der Waals surface area contributed by atoms with E-state index in [-0.39, 0.29) is 12.1 Å². The summed E-state index contributed by atoms with van der Waals surface area (Å²) in [5.74, 6) is -0.414. The number of nitrogens with zero attached hydrogens (tertiary/aromatic N) is 1. The summed E-state index contributed by atoms with van der Waals surface area (Å²) in [5.41, 5.74) is 1.09. The second-order valence-corrected chi connectivity index (χ2v) is 5.45. The number of carboxylic acids is 1. The van der Waals surface area contributed by atoms with Gasteiger partial charge in [-0.15, -0.1) is 0 Å². The molecule has 98 valence electrons. The fourth-order valence-electron chi connectivity index (χ4n) is 2.34. The van der Waals surface area contributed by atoms with Crippen molar-refractivity contribution in [1.29, 1.82) is 0 Å². The normalized spacial score (nSPS) is 18.7. The smallest absolute Gasteiger partial charge is 0.321 e. The van der Waals surface area contributed by atoms with Crippen molar-refractivity contribution < 1.29 is 9.90 Å². The maximum atomic E-state index is 11.3. The van der Waals surface area contributed by atoms with Crippen LogP contribution in [-0.4, -0.2) is 29.1 Å². The minimum Gasteiger partial charge on any atom is -0.480 e. The first-order valence-electron chi connectivity index (χ1n) is 6.21. The number of carbonyl (C=O) groups is 1. The van der Waals surface area contributed by atoms with Crippen molar-refractivity contribution in [3.05, 3.63) is 34.9 Å². The van der Waals surface area contributed by atoms with Crippen molar-refractivity contribution in [3.63, 3.8) is 0 Å². The van der Waals surface area contributed by atoms with Crippen LogP contribution in [0.15, 0.2) is 24.3 Å². The summed E-state index contributed by atoms with van der Waals surface area (Å²) >= 11 is 5.86. The Morgan fingerprint density at radius 2 is 1.94 bits per heavy atom. The summed E-state index contributed by atoms with van der Waals surface area (Å²) in [7, 11) is 1.89. The third-order valence-electron chi connectivity index (χ3n) is 3.72. The first-order valence-corrected chi connectivity index (χ1v) is 6.58. The zero-order valence-electron chi connectivity index (χ0n) is 10.6. The average Bonchev–Trinajstić information content (AvgIpc) is 3.13. The van der Waals surface area contributed by atoms with Crippen molar-refractivity contribution >= 4 is 17.6 Å². The molecule has 0 aromatic heterocycles. The van der Waals surface area contributed by atoms with Gasteiger partial charge in [-0.2, -0.15) is 0 Å². The standard InChI is InChI=1S/C14H18ClNO2/c1-9(10-5-7-12(15)8-6-10)16(2)13(14(17)18)11-3-4-11/h5-9,11,13H,3-4H2,1-2H3,(H,17,18). The first-order chi connectivity index (χ1) is 8.50. The highest BCUT2D eigenvalue weighted by Gasteiger charge is 2.40. The number of hydrogen-bond acceptors (Lipinski definition) is 2. The van der Waals surface area contributed by atoms with Crippen LogP contribution in [0.25, 0.3) is 0 Å². The predicted molar refractivity (Wildman–Crippen MR) is 71.8 cm³/mol. The van der Waals surface area contributed by atoms with Gasteiger partial charge in [0.25, 0.3) is 0 Å². The van der Waals surface area contributed by atoms with Crippen LogP contribution in [0.3, 0.4) is 0 Å². The van der Waals surface area contributed by atoms with E-state index in [0.29, 0.717) is 10.9 Å². The fraction of sp³-hybridized carbons (Fsp3) is 0.500. The summed E-state index contributed by atoms with van der Waals surface area (Å²) in [6.45, 7) is 2.03. The van der Waals surface area contributed by atoms with Crippen molar-refractivity contribution in [2.75, 3.05) is 7.05 Å². The van der Waals surface area contributed by atoms with Crippen molar-refractivity contribution in [2.24, 2.45) is 5.92 Å². The summed E-state index contributed by atoms with van der Waals surface area (Å²) < 4.78 is 0. The van der Waals surface area contributed by atoms with Crippen LogP contribution in [0.2, 0.25) is 5.02 Å². The molecule has 1 saturated carbocycles. The van der Waals surface area contributed by atoms with Gasteiger partial charge in [0.1, 0.15) is 6.04 Å². The Labute approximate surface area is 112 Å². The molecular weight excluding hydrogens is 250 g/mol. The Morgan fingerprint density at radius 3 is 2.39 bits per heavy atom. The molecule has 1 aliphatic carbocycles. The van der Waals surface area contributed by atoms with Gasteiger partial charge in [0, 0.05) is 11.1 Å². The van der Waals surface area contributed by atoms with Crippen LogP contribution in [0.4, 0.5) is 0 Å². The largest absolute Gasteiger partial charge is 0.480 e. The number of likely N-dealkylation sites (N-methyl/N-ethyl adjacent to an activating group) is 1. The molecule has 0 bridgehead atoms. The van der Waals surface area contributed by atoms with Crippen molar-refractivity contribution in [1.82, 2.24) is 4.90 Å². The lowest BCUT2D eigenvalue weighted by Gasteiger charge is -2.31. The average molecular weight is 268 g/mol. The second-order valence-electron chi connectivity index (χ2n) is 5.01. The SMILES string of the molecule is CC(c1ccc(Cl)cc1)N(C)C(C(=O)O)C1CC1. The third-order valence-corrected chi connectivity index (χ3v) is 3.98. The van der Waals surface area contributed by atoms with Gasteiger partial charge >= 0.3 is 5.97 Å². The monoisotopic (exact) mass is 267 g/mol. The Balaban J connectivity index is 2.13. The van der Waals surface area contributed by atoms with E-state index >= 15 is 0 Å². The van der Waals surface area contributed by atoms with Crippen LogP contribution in [0, 0.1) is 5.92 Å². The molecule has 0 heterocycles. The molecule has 2 rings (SSSR count). The van der Waals surface area contributed by atoms with E-state index in [1.54, 1.807) is 0 Å². The Hall–Kier alpha value is -1.06. The maximum absolute atomic E-state index is 11.3. The van der Waals surface area contributed by atoms with Gasteiger partial charge in [0.2, 0.25) is 0 Å². The highest BCUT2D eigenvalue weighted by molar-refractivity contribution is 6.30. The molecule has 1 aromatic rings. The van der Waals surface area contributed by atoms with Crippen molar-refractivity contribution in [2.45, 2.75) is 31.8 Å². The Bertz CT molecular complexity index is 428. The highest BCUT2D eigenvalue weighted by atomic mass is 35.5. The molecule has 18 heavy (non-hydrogen) atoms. The second kappa shape index (κ2) is 5.29. The zero-order chi connectivity index (χ0) is 13.3. The minimum absolute atomic E-state index is 0.0731. The lowest BCUT2D eigenvalue weighted by atomic mass is 10.0. The summed E-state index contributed by atoms with van der Waals surface area (Å²) in [6, 6.07) is 7.28. The molecule has 3 nitrogen and oxygen atoms in total. The molecule has 0 spiro atoms. The van der Waals surface area contributed by atoms with Gasteiger partial charge in [-0.25, -0.2) is 0 Å². The van der Waals surface area contributed by atoms with Gasteiger partial charge in [0.05, 0.1) is 0 Å². The van der Waals surface area contributed by atoms with Crippen LogP contribution >= 0.6 is 11.6 Å². The molecule has 1 N–H and O–H groups in total. The molecule has 0 amide bonds. The van der Waals surface area contributed by atoms with E-state index in [9.17, 15) is 9.90 Å². The number of hydrogen-bond donors (Lipinski definition) is 1. The number of benzene rings is 1. The van der Waals surface area contributed by atoms with E-state index in [4.69, 9.17) is 11.6 Å². The third kappa shape index (κ3) is 2.85. The van der Waals surface area contributed by atoms with Gasteiger partial charge in [-0.3, -0.25) is 9.69 Å². The summed E-state index contributed by atoms with van der Waals surface area (Å²) in [4.78, 5) is 13.3. The highest BCUT2D eigenvalue weighted by Crippen LogP contribution is 2.37. The number of aliphatic carboxylic acids is 1. The summed E-state index contributed by atoms with van der Waals surface area (Å²) in [5, 5.41) is 10.0. The van der Waals surface area contributed by atoms with Crippen LogP contribution < -0.4 is 0 Å². The number of carboxylic acid groups (broad SMARTS) is 1. The van der Waals surface area contributed by atoms with Crippen molar-refractivity contribution in [3.8, 4) is 0 Å². The van der Waals surface area contributed by atoms with Crippen LogP contribution in [0.5, 0.6) is 0 Å². The van der Waals surface area contributed by atoms with E-state index in [1.807, 2.05) is 43.1 Å². The van der Waals surface area contributed by atoms with Gasteiger partial charge in [-0.1, -0.05) is 23.7 Å². The zero-order valence-corrected chi connectivity index (χ0v) is 11.4. The molecule has 0 aliphatic heterocycles. The van der Waals surface area contributed by atoms with Crippen LogP contribution in [0.1, 0.15) is 31.4 Å². The maximum Gasteiger partial charge on any atom is 0.321 e. The quantitative estimate of drug-likeness (QED) is 0.891. The molecule has 1 aromatic carbocycles. The molecule has 0 saturated heterocycles. The Kier molecular flexibility index (Phi) is 3.93. The lowest BCUT2D eigenvalue weighted by molar-refractivity contribution is -0.144. The predicted octanol–water partition coefficient (Wildman–Crippen LogP) is 3.20. The topological polar surface area (TPSA) is 40.5 Å². The molecule has 1 fully saturated rings. The fourth-order valence-corrected chi connectivity index (χ4v) is 2.46. The molecule has 0 radical (unpaired) electrons. The summed E-state index contributed by atoms with van der Waals surface area (Å²) in [6.07, 6.45) is 2.04. The molecule has 2 atom stereocenters. The lowest BCUT2D eigenvalue weighted by Crippen LogP contribution is -2.41. The number of rotatable bonds is 5. The first kappa shape index (κ1) is 13.4. The molecule has 1 aliphatic rings. The minimum atomic E-state index is -0.721. The number of halogens is 1.